The van der Waals surface area contributed by atoms with Gasteiger partial charge in [0.05, 0.1) is 26.9 Å². The molecule has 1 aromatic heterocycles. The number of nitrogens with one attached hydrogen (secondary N) is 2. The number of likely N-dealkylation sites (N-methyl/N-ethyl adjacent to an activating group) is 1. The summed E-state index contributed by atoms with van der Waals surface area (Å²) in [5.74, 6) is 1.39. The Morgan fingerprint density at radius 2 is 1.78 bits per heavy atom. The minimum absolute atomic E-state index is 0.0303. The Morgan fingerprint density at radius 1 is 1.04 bits per heavy atom. The number of ether oxygens (including phenoxy) is 1. The van der Waals surface area contributed by atoms with Gasteiger partial charge in [0.2, 0.25) is 0 Å². The van der Waals surface area contributed by atoms with Gasteiger partial charge in [-0.2, -0.15) is 0 Å². The van der Waals surface area contributed by atoms with Gasteiger partial charge in [-0.1, -0.05) is 48.5 Å². The molecular formula is C22H25N2O3+. The van der Waals surface area contributed by atoms with Crippen molar-refractivity contribution in [2.45, 2.75) is 6.04 Å². The number of benzene rings is 2. The van der Waals surface area contributed by atoms with Crippen molar-refractivity contribution in [1.82, 2.24) is 5.32 Å². The fraction of sp³-hybridized carbons (Fsp3) is 0.227. The van der Waals surface area contributed by atoms with E-state index in [9.17, 15) is 4.79 Å². The summed E-state index contributed by atoms with van der Waals surface area (Å²) in [6.07, 6.45) is 1.65. The molecule has 1 atom stereocenters. The molecule has 1 amide bonds. The smallest absolute Gasteiger partial charge is 0.258 e. The zero-order valence-electron chi connectivity index (χ0n) is 15.6. The minimum Gasteiger partial charge on any atom is -0.483 e. The van der Waals surface area contributed by atoms with Crippen LogP contribution in [0.25, 0.3) is 11.1 Å². The molecule has 5 heteroatoms. The lowest BCUT2D eigenvalue weighted by Crippen LogP contribution is -3.07. The molecule has 0 radical (unpaired) electrons. The molecule has 140 valence electrons. The molecule has 0 aliphatic rings. The van der Waals surface area contributed by atoms with Gasteiger partial charge in [-0.3, -0.25) is 4.79 Å². The maximum absolute atomic E-state index is 12.3. The van der Waals surface area contributed by atoms with Crippen molar-refractivity contribution < 1.29 is 18.8 Å². The van der Waals surface area contributed by atoms with Crippen LogP contribution in [0.2, 0.25) is 0 Å². The first-order chi connectivity index (χ1) is 13.1. The molecule has 0 unspecified atom stereocenters. The lowest BCUT2D eigenvalue weighted by molar-refractivity contribution is -0.891. The number of amides is 1. The van der Waals surface area contributed by atoms with E-state index < -0.39 is 0 Å². The van der Waals surface area contributed by atoms with Crippen LogP contribution in [-0.4, -0.2) is 33.2 Å². The van der Waals surface area contributed by atoms with E-state index in [0.717, 1.165) is 16.9 Å². The van der Waals surface area contributed by atoms with Gasteiger partial charge >= 0.3 is 0 Å². The largest absolute Gasteiger partial charge is 0.483 e. The molecule has 1 heterocycles. The maximum atomic E-state index is 12.3. The van der Waals surface area contributed by atoms with Gasteiger partial charge in [0, 0.05) is 5.56 Å². The van der Waals surface area contributed by atoms with E-state index in [-0.39, 0.29) is 18.6 Å². The number of hydrogen-bond acceptors (Lipinski definition) is 3. The van der Waals surface area contributed by atoms with Crippen LogP contribution in [0.3, 0.4) is 0 Å². The standard InChI is InChI=1S/C22H24N2O3/c1-24(2)19(21-13-8-14-26-21)15-23-22(25)16-27-20-12-7-6-11-18(20)17-9-4-3-5-10-17/h3-14,19H,15-16H2,1-2H3,(H,23,25)/p+1/t19-/m1/s1. The lowest BCUT2D eigenvalue weighted by atomic mass is 10.1. The number of carbonyl (C=O) groups excluding carboxylic acids is 1. The number of para-hydroxylation sites is 1. The molecule has 2 aromatic carbocycles. The average Bonchev–Trinajstić information content (AvgIpc) is 3.21. The van der Waals surface area contributed by atoms with E-state index >= 15 is 0 Å². The van der Waals surface area contributed by atoms with Gasteiger partial charge in [-0.25, -0.2) is 0 Å². The van der Waals surface area contributed by atoms with E-state index in [1.54, 1.807) is 6.26 Å². The summed E-state index contributed by atoms with van der Waals surface area (Å²) in [7, 11) is 4.07. The maximum Gasteiger partial charge on any atom is 0.258 e. The Morgan fingerprint density at radius 3 is 2.48 bits per heavy atom. The molecule has 3 aromatic rings. The third kappa shape index (κ3) is 4.99. The number of quaternary nitrogens is 1. The Kier molecular flexibility index (Phi) is 6.28. The third-order valence-electron chi connectivity index (χ3n) is 4.42. The minimum atomic E-state index is -0.157. The van der Waals surface area contributed by atoms with Crippen LogP contribution >= 0.6 is 0 Å². The molecule has 0 spiro atoms. The topological polar surface area (TPSA) is 55.9 Å². The Hall–Kier alpha value is -3.05. The average molecular weight is 365 g/mol. The van der Waals surface area contributed by atoms with Crippen LogP contribution in [0.5, 0.6) is 5.75 Å². The van der Waals surface area contributed by atoms with Gasteiger partial charge < -0.3 is 19.4 Å². The van der Waals surface area contributed by atoms with Gasteiger partial charge in [0.15, 0.2) is 18.4 Å². The molecule has 0 aliphatic heterocycles. The summed E-state index contributed by atoms with van der Waals surface area (Å²) in [4.78, 5) is 13.5. The molecule has 5 nitrogen and oxygen atoms in total. The monoisotopic (exact) mass is 365 g/mol. The first-order valence-electron chi connectivity index (χ1n) is 9.02. The lowest BCUT2D eigenvalue weighted by Gasteiger charge is -2.20. The predicted octanol–water partition coefficient (Wildman–Crippen LogP) is 2.33. The summed E-state index contributed by atoms with van der Waals surface area (Å²) in [5, 5.41) is 2.94. The molecule has 0 aliphatic carbocycles. The summed E-state index contributed by atoms with van der Waals surface area (Å²) < 4.78 is 11.3. The van der Waals surface area contributed by atoms with Crippen LogP contribution in [0.1, 0.15) is 11.8 Å². The molecule has 0 saturated carbocycles. The summed E-state index contributed by atoms with van der Waals surface area (Å²) in [6.45, 7) is 0.454. The third-order valence-corrected chi connectivity index (χ3v) is 4.42. The van der Waals surface area contributed by atoms with Crippen LogP contribution < -0.4 is 15.0 Å². The van der Waals surface area contributed by atoms with E-state index in [0.29, 0.717) is 12.3 Å². The highest BCUT2D eigenvalue weighted by Gasteiger charge is 2.21. The van der Waals surface area contributed by atoms with Crippen LogP contribution in [-0.2, 0) is 4.79 Å². The van der Waals surface area contributed by atoms with Crippen molar-refractivity contribution in [2.24, 2.45) is 0 Å². The Balaban J connectivity index is 1.58. The summed E-state index contributed by atoms with van der Waals surface area (Å²) in [6, 6.07) is 21.6. The molecule has 3 rings (SSSR count). The normalized spacial score (nSPS) is 12.0. The zero-order chi connectivity index (χ0) is 19.1. The summed E-state index contributed by atoms with van der Waals surface area (Å²) >= 11 is 0. The molecule has 2 N–H and O–H groups in total. The molecule has 0 bridgehead atoms. The molecule has 27 heavy (non-hydrogen) atoms. The summed E-state index contributed by atoms with van der Waals surface area (Å²) in [5.41, 5.74) is 2.03. The highest BCUT2D eigenvalue weighted by Crippen LogP contribution is 2.29. The Bertz CT molecular complexity index is 845. The van der Waals surface area contributed by atoms with Crippen LogP contribution in [0.15, 0.2) is 77.4 Å². The van der Waals surface area contributed by atoms with Crippen molar-refractivity contribution in [3.8, 4) is 16.9 Å². The number of carbonyl (C=O) groups is 1. The van der Waals surface area contributed by atoms with Crippen molar-refractivity contribution in [3.63, 3.8) is 0 Å². The second-order valence-corrected chi connectivity index (χ2v) is 6.60. The van der Waals surface area contributed by atoms with Gasteiger partial charge in [-0.15, -0.1) is 0 Å². The number of rotatable bonds is 8. The SMILES string of the molecule is C[NH+](C)[C@H](CNC(=O)COc1ccccc1-c1ccccc1)c1ccco1. The second kappa shape index (κ2) is 9.05. The number of furan rings is 1. The van der Waals surface area contributed by atoms with Crippen molar-refractivity contribution in [2.75, 3.05) is 27.2 Å². The quantitative estimate of drug-likeness (QED) is 0.644. The van der Waals surface area contributed by atoms with Crippen LogP contribution in [0.4, 0.5) is 0 Å². The van der Waals surface area contributed by atoms with E-state index in [1.165, 1.54) is 4.90 Å². The first-order valence-corrected chi connectivity index (χ1v) is 9.02. The molecule has 0 saturated heterocycles. The van der Waals surface area contributed by atoms with Gasteiger partial charge in [-0.05, 0) is 23.8 Å². The van der Waals surface area contributed by atoms with E-state index in [2.05, 4.69) is 5.32 Å². The molecular weight excluding hydrogens is 340 g/mol. The van der Waals surface area contributed by atoms with Gasteiger partial charge in [0.1, 0.15) is 5.75 Å². The van der Waals surface area contributed by atoms with E-state index in [4.69, 9.17) is 9.15 Å². The van der Waals surface area contributed by atoms with Crippen molar-refractivity contribution in [3.05, 3.63) is 78.8 Å². The van der Waals surface area contributed by atoms with Crippen molar-refractivity contribution >= 4 is 5.91 Å². The molecule has 0 fully saturated rings. The number of hydrogen-bond donors (Lipinski definition) is 2. The Labute approximate surface area is 159 Å². The first kappa shape index (κ1) is 18.7. The highest BCUT2D eigenvalue weighted by atomic mass is 16.5. The van der Waals surface area contributed by atoms with Crippen LogP contribution in [0, 0.1) is 0 Å². The van der Waals surface area contributed by atoms with E-state index in [1.807, 2.05) is 80.8 Å². The highest BCUT2D eigenvalue weighted by molar-refractivity contribution is 5.78. The second-order valence-electron chi connectivity index (χ2n) is 6.60. The predicted molar refractivity (Wildman–Crippen MR) is 105 cm³/mol. The fourth-order valence-corrected chi connectivity index (χ4v) is 2.94. The fourth-order valence-electron chi connectivity index (χ4n) is 2.94. The zero-order valence-corrected chi connectivity index (χ0v) is 15.6. The van der Waals surface area contributed by atoms with Gasteiger partial charge in [0.25, 0.3) is 5.91 Å². The van der Waals surface area contributed by atoms with Crippen molar-refractivity contribution in [1.29, 1.82) is 0 Å².